The third-order valence-corrected chi connectivity index (χ3v) is 7.28. The van der Waals surface area contributed by atoms with Crippen molar-refractivity contribution in [2.45, 2.75) is 36.2 Å². The topological polar surface area (TPSA) is 120 Å². The molecule has 36 heavy (non-hydrogen) atoms. The average molecular weight is 511 g/mol. The number of nitrogens with zero attached hydrogens (tertiary/aromatic N) is 2. The highest BCUT2D eigenvalue weighted by atomic mass is 32.2. The molecule has 0 radical (unpaired) electrons. The molecule has 8 nitrogen and oxygen atoms in total. The number of halogens is 2. The first-order valence-electron chi connectivity index (χ1n) is 11.0. The minimum absolute atomic E-state index is 0.0724. The molecule has 1 aliphatic carbocycles. The molecule has 184 valence electrons. The summed E-state index contributed by atoms with van der Waals surface area (Å²) in [7, 11) is -4.50. The summed E-state index contributed by atoms with van der Waals surface area (Å²) in [6.07, 6.45) is 1.70. The third kappa shape index (κ3) is 4.60. The van der Waals surface area contributed by atoms with E-state index in [0.717, 1.165) is 31.0 Å². The molecular formula is C25H20F2N4O4S. The van der Waals surface area contributed by atoms with Crippen molar-refractivity contribution in [2.24, 2.45) is 5.73 Å². The smallest absolute Gasteiger partial charge is 0.408 e. The molecule has 0 spiro atoms. The SMILES string of the molecule is CC(c1cccc(C#CC2(N)CC2)c1)n1c(=O)oc2cc(S(=O)(=O)Nc3cccc(F)n3)c(F)cc21. The quantitative estimate of drug-likeness (QED) is 0.313. The van der Waals surface area contributed by atoms with E-state index in [0.29, 0.717) is 11.1 Å². The lowest BCUT2D eigenvalue weighted by atomic mass is 10.0. The molecule has 1 fully saturated rings. The predicted molar refractivity (Wildman–Crippen MR) is 129 cm³/mol. The summed E-state index contributed by atoms with van der Waals surface area (Å²) in [5.74, 6) is 2.94. The minimum Gasteiger partial charge on any atom is -0.408 e. The van der Waals surface area contributed by atoms with Crippen molar-refractivity contribution in [3.63, 3.8) is 0 Å². The third-order valence-electron chi connectivity index (χ3n) is 5.91. The predicted octanol–water partition coefficient (Wildman–Crippen LogP) is 3.52. The van der Waals surface area contributed by atoms with E-state index in [1.165, 1.54) is 16.7 Å². The van der Waals surface area contributed by atoms with Crippen LogP contribution < -0.4 is 16.2 Å². The maximum Gasteiger partial charge on any atom is 0.420 e. The van der Waals surface area contributed by atoms with Gasteiger partial charge in [0.25, 0.3) is 10.0 Å². The molecule has 0 bridgehead atoms. The number of fused-ring (bicyclic) bond motifs is 1. The lowest BCUT2D eigenvalue weighted by molar-refractivity contribution is 0.489. The summed E-state index contributed by atoms with van der Waals surface area (Å²) in [5, 5.41) is 0. The van der Waals surface area contributed by atoms with Crippen molar-refractivity contribution in [1.82, 2.24) is 9.55 Å². The van der Waals surface area contributed by atoms with Crippen LogP contribution in [0.5, 0.6) is 0 Å². The summed E-state index contributed by atoms with van der Waals surface area (Å²) < 4.78 is 62.3. The van der Waals surface area contributed by atoms with Gasteiger partial charge >= 0.3 is 5.76 Å². The Hall–Kier alpha value is -4.01. The van der Waals surface area contributed by atoms with Gasteiger partial charge in [0.1, 0.15) is 16.5 Å². The van der Waals surface area contributed by atoms with E-state index in [9.17, 15) is 17.6 Å². The molecule has 3 N–H and O–H groups in total. The maximum absolute atomic E-state index is 15.0. The summed E-state index contributed by atoms with van der Waals surface area (Å²) in [6.45, 7) is 1.73. The van der Waals surface area contributed by atoms with Gasteiger partial charge in [-0.25, -0.2) is 22.6 Å². The Bertz CT molecular complexity index is 1730. The van der Waals surface area contributed by atoms with Gasteiger partial charge in [-0.15, -0.1) is 0 Å². The van der Waals surface area contributed by atoms with Gasteiger partial charge < -0.3 is 10.2 Å². The largest absolute Gasteiger partial charge is 0.420 e. The van der Waals surface area contributed by atoms with Crippen molar-refractivity contribution in [3.05, 3.63) is 88.0 Å². The number of benzene rings is 2. The van der Waals surface area contributed by atoms with Crippen LogP contribution in [-0.2, 0) is 10.0 Å². The van der Waals surface area contributed by atoms with Crippen molar-refractivity contribution >= 4 is 26.9 Å². The van der Waals surface area contributed by atoms with Crippen LogP contribution in [0.1, 0.15) is 36.9 Å². The Morgan fingerprint density at radius 3 is 2.64 bits per heavy atom. The van der Waals surface area contributed by atoms with Crippen LogP contribution >= 0.6 is 0 Å². The second kappa shape index (κ2) is 8.58. The summed E-state index contributed by atoms with van der Waals surface area (Å²) in [5.41, 5.74) is 6.96. The summed E-state index contributed by atoms with van der Waals surface area (Å²) in [6, 6.07) is 12.0. The molecule has 2 aromatic carbocycles. The maximum atomic E-state index is 15.0. The molecule has 1 unspecified atom stereocenters. The number of pyridine rings is 1. The molecule has 0 aliphatic heterocycles. The van der Waals surface area contributed by atoms with Gasteiger partial charge in [0.15, 0.2) is 5.58 Å². The number of aromatic nitrogens is 2. The number of nitrogens with one attached hydrogen (secondary N) is 1. The Morgan fingerprint density at radius 2 is 1.92 bits per heavy atom. The molecule has 2 heterocycles. The first kappa shape index (κ1) is 23.7. The highest BCUT2D eigenvalue weighted by Gasteiger charge is 2.36. The van der Waals surface area contributed by atoms with E-state index in [4.69, 9.17) is 10.2 Å². The van der Waals surface area contributed by atoms with Crippen LogP contribution in [0.3, 0.4) is 0 Å². The van der Waals surface area contributed by atoms with Crippen LogP contribution in [0, 0.1) is 23.6 Å². The first-order valence-corrected chi connectivity index (χ1v) is 12.4. The zero-order valence-electron chi connectivity index (χ0n) is 19.0. The number of rotatable bonds is 5. The van der Waals surface area contributed by atoms with Crippen molar-refractivity contribution in [2.75, 3.05) is 4.72 Å². The number of sulfonamides is 1. The molecule has 4 aromatic rings. The first-order chi connectivity index (χ1) is 17.0. The molecule has 11 heteroatoms. The van der Waals surface area contributed by atoms with E-state index in [1.54, 1.807) is 25.1 Å². The van der Waals surface area contributed by atoms with E-state index >= 15 is 4.39 Å². The Kier molecular flexibility index (Phi) is 5.65. The second-order valence-electron chi connectivity index (χ2n) is 8.65. The zero-order chi connectivity index (χ0) is 25.7. The molecule has 1 atom stereocenters. The Balaban J connectivity index is 1.51. The lowest BCUT2D eigenvalue weighted by Gasteiger charge is -2.14. The lowest BCUT2D eigenvalue weighted by Crippen LogP contribution is -2.19. The highest BCUT2D eigenvalue weighted by Crippen LogP contribution is 2.31. The van der Waals surface area contributed by atoms with E-state index in [2.05, 4.69) is 16.8 Å². The van der Waals surface area contributed by atoms with Crippen LogP contribution in [-0.4, -0.2) is 23.5 Å². The van der Waals surface area contributed by atoms with Gasteiger partial charge in [0.2, 0.25) is 5.95 Å². The monoisotopic (exact) mass is 510 g/mol. The number of hydrogen-bond acceptors (Lipinski definition) is 6. The molecule has 0 amide bonds. The number of oxazole rings is 1. The van der Waals surface area contributed by atoms with Gasteiger partial charge in [-0.2, -0.15) is 4.39 Å². The Morgan fingerprint density at radius 1 is 1.17 bits per heavy atom. The summed E-state index contributed by atoms with van der Waals surface area (Å²) in [4.78, 5) is 15.4. The zero-order valence-corrected chi connectivity index (χ0v) is 19.8. The van der Waals surface area contributed by atoms with Crippen molar-refractivity contribution in [3.8, 4) is 11.8 Å². The molecule has 1 aliphatic rings. The normalized spacial score (nSPS) is 15.2. The highest BCUT2D eigenvalue weighted by molar-refractivity contribution is 7.92. The fraction of sp³-hybridized carbons (Fsp3) is 0.200. The number of hydrogen-bond donors (Lipinski definition) is 2. The standard InChI is InChI=1S/C25H20F2N4O4S/c1-15(17-5-2-4-16(12-17)8-9-25(28)10-11-25)31-19-13-18(26)21(14-20(19)35-24(31)32)36(33,34)30-23-7-3-6-22(27)29-23/h2-7,12-15H,10-11,28H2,1H3,(H,29,30). The fourth-order valence-electron chi connectivity index (χ4n) is 3.75. The molecule has 2 aromatic heterocycles. The molecule has 0 saturated heterocycles. The number of anilines is 1. The minimum atomic E-state index is -4.50. The van der Waals surface area contributed by atoms with E-state index in [1.807, 2.05) is 10.8 Å². The van der Waals surface area contributed by atoms with Gasteiger partial charge in [0, 0.05) is 17.7 Å². The van der Waals surface area contributed by atoms with Crippen LogP contribution in [0.25, 0.3) is 11.1 Å². The van der Waals surface area contributed by atoms with Crippen molar-refractivity contribution < 1.29 is 21.6 Å². The molecular weight excluding hydrogens is 490 g/mol. The Labute approximate surface area is 204 Å². The number of nitrogens with two attached hydrogens (primary N) is 1. The van der Waals surface area contributed by atoms with E-state index in [-0.39, 0.29) is 16.9 Å². The van der Waals surface area contributed by atoms with Crippen LogP contribution in [0.15, 0.2) is 68.7 Å². The fourth-order valence-corrected chi connectivity index (χ4v) is 4.82. The van der Waals surface area contributed by atoms with Gasteiger partial charge in [0.05, 0.1) is 17.1 Å². The molecule has 1 saturated carbocycles. The second-order valence-corrected chi connectivity index (χ2v) is 10.3. The van der Waals surface area contributed by atoms with Gasteiger partial charge in [-0.05, 0) is 49.6 Å². The van der Waals surface area contributed by atoms with Crippen molar-refractivity contribution in [1.29, 1.82) is 0 Å². The van der Waals surface area contributed by atoms with Crippen LogP contribution in [0.4, 0.5) is 14.6 Å². The summed E-state index contributed by atoms with van der Waals surface area (Å²) >= 11 is 0. The van der Waals surface area contributed by atoms with Gasteiger partial charge in [-0.3, -0.25) is 9.29 Å². The van der Waals surface area contributed by atoms with E-state index < -0.39 is 44.0 Å². The molecule has 5 rings (SSSR count). The van der Waals surface area contributed by atoms with Gasteiger partial charge in [-0.1, -0.05) is 30.0 Å². The van der Waals surface area contributed by atoms with Crippen LogP contribution in [0.2, 0.25) is 0 Å². The average Bonchev–Trinajstić information content (AvgIpc) is 3.47.